The van der Waals surface area contributed by atoms with Crippen LogP contribution in [0, 0.1) is 0 Å². The highest BCUT2D eigenvalue weighted by Crippen LogP contribution is 2.17. The number of urea groups is 1. The van der Waals surface area contributed by atoms with Gasteiger partial charge in [0.25, 0.3) is 0 Å². The van der Waals surface area contributed by atoms with Crippen molar-refractivity contribution in [1.29, 1.82) is 0 Å². The van der Waals surface area contributed by atoms with E-state index in [2.05, 4.69) is 5.32 Å². The second kappa shape index (κ2) is 8.60. The number of carbonyl (C=O) groups excluding carboxylic acids is 2. The Kier molecular flexibility index (Phi) is 6.72. The molecule has 8 heteroatoms. The zero-order chi connectivity index (χ0) is 19.3. The summed E-state index contributed by atoms with van der Waals surface area (Å²) in [6.45, 7) is 7.21. The first-order valence-electron chi connectivity index (χ1n) is 8.60. The van der Waals surface area contributed by atoms with Crippen molar-refractivity contribution < 1.29 is 19.4 Å². The van der Waals surface area contributed by atoms with Crippen molar-refractivity contribution in [2.45, 2.75) is 32.5 Å². The average molecular weight is 384 g/mol. The molecule has 1 fully saturated rings. The molecule has 7 nitrogen and oxygen atoms in total. The van der Waals surface area contributed by atoms with E-state index in [1.54, 1.807) is 34.1 Å². The molecule has 1 atom stereocenters. The van der Waals surface area contributed by atoms with E-state index < -0.39 is 11.7 Å². The van der Waals surface area contributed by atoms with E-state index in [0.29, 0.717) is 36.8 Å². The van der Waals surface area contributed by atoms with Crippen LogP contribution in [-0.2, 0) is 4.74 Å². The van der Waals surface area contributed by atoms with Crippen LogP contribution in [-0.4, -0.2) is 65.4 Å². The van der Waals surface area contributed by atoms with Crippen LogP contribution in [0.4, 0.5) is 9.59 Å². The van der Waals surface area contributed by atoms with Crippen LogP contribution in [0.15, 0.2) is 24.3 Å². The summed E-state index contributed by atoms with van der Waals surface area (Å²) in [5.41, 5.74) is 0.106. The van der Waals surface area contributed by atoms with Gasteiger partial charge in [0.05, 0.1) is 6.10 Å². The van der Waals surface area contributed by atoms with Crippen molar-refractivity contribution >= 4 is 23.7 Å². The smallest absolute Gasteiger partial charge is 0.410 e. The Morgan fingerprint density at radius 3 is 2.42 bits per heavy atom. The summed E-state index contributed by atoms with van der Waals surface area (Å²) in [6, 6.07) is 6.62. The molecular formula is C18H26ClN3O4. The predicted molar refractivity (Wildman–Crippen MR) is 99.2 cm³/mol. The van der Waals surface area contributed by atoms with Crippen LogP contribution in [0.1, 0.15) is 32.4 Å². The molecule has 0 spiro atoms. The molecule has 0 bridgehead atoms. The number of aliphatic hydroxyl groups is 1. The van der Waals surface area contributed by atoms with Crippen molar-refractivity contribution in [3.63, 3.8) is 0 Å². The van der Waals surface area contributed by atoms with Gasteiger partial charge in [-0.25, -0.2) is 9.59 Å². The van der Waals surface area contributed by atoms with Crippen LogP contribution in [0.2, 0.25) is 5.02 Å². The van der Waals surface area contributed by atoms with Gasteiger partial charge < -0.3 is 25.0 Å². The third-order valence-electron chi connectivity index (χ3n) is 3.90. The van der Waals surface area contributed by atoms with Gasteiger partial charge in [-0.1, -0.05) is 23.7 Å². The van der Waals surface area contributed by atoms with Gasteiger partial charge in [-0.2, -0.15) is 0 Å². The number of benzene rings is 1. The highest BCUT2D eigenvalue weighted by molar-refractivity contribution is 6.30. The minimum Gasteiger partial charge on any atom is -0.444 e. The number of aliphatic hydroxyl groups excluding tert-OH is 1. The SMILES string of the molecule is CC(C)(C)OC(=O)N1CCN(C(=O)NCC(O)c2cccc(Cl)c2)CC1. The maximum absolute atomic E-state index is 12.2. The van der Waals surface area contributed by atoms with E-state index in [9.17, 15) is 14.7 Å². The van der Waals surface area contributed by atoms with Crippen LogP contribution in [0.5, 0.6) is 0 Å². The molecule has 1 aliphatic heterocycles. The molecular weight excluding hydrogens is 358 g/mol. The molecule has 26 heavy (non-hydrogen) atoms. The average Bonchev–Trinajstić information content (AvgIpc) is 2.58. The summed E-state index contributed by atoms with van der Waals surface area (Å²) in [5.74, 6) is 0. The monoisotopic (exact) mass is 383 g/mol. The van der Waals surface area contributed by atoms with E-state index in [0.717, 1.165) is 0 Å². The summed E-state index contributed by atoms with van der Waals surface area (Å²) in [6.07, 6.45) is -1.20. The normalized spacial score (nSPS) is 16.2. The maximum Gasteiger partial charge on any atom is 0.410 e. The van der Waals surface area contributed by atoms with Crippen molar-refractivity contribution in [2.75, 3.05) is 32.7 Å². The minimum atomic E-state index is -0.833. The van der Waals surface area contributed by atoms with Gasteiger partial charge in [0, 0.05) is 37.7 Å². The van der Waals surface area contributed by atoms with Gasteiger partial charge in [-0.05, 0) is 38.5 Å². The van der Waals surface area contributed by atoms with Crippen molar-refractivity contribution in [3.05, 3.63) is 34.9 Å². The number of hydrogen-bond donors (Lipinski definition) is 2. The van der Waals surface area contributed by atoms with E-state index in [1.165, 1.54) is 0 Å². The summed E-state index contributed by atoms with van der Waals surface area (Å²) in [4.78, 5) is 27.5. The topological polar surface area (TPSA) is 82.1 Å². The molecule has 2 N–H and O–H groups in total. The Hall–Kier alpha value is -1.99. The largest absolute Gasteiger partial charge is 0.444 e. The molecule has 0 aliphatic carbocycles. The van der Waals surface area contributed by atoms with Crippen LogP contribution in [0.25, 0.3) is 0 Å². The Balaban J connectivity index is 1.77. The van der Waals surface area contributed by atoms with Crippen LogP contribution < -0.4 is 5.32 Å². The zero-order valence-electron chi connectivity index (χ0n) is 15.4. The predicted octanol–water partition coefficient (Wildman–Crippen LogP) is 2.64. The molecule has 2 rings (SSSR count). The van der Waals surface area contributed by atoms with E-state index in [1.807, 2.05) is 20.8 Å². The van der Waals surface area contributed by atoms with Gasteiger partial charge in [0.15, 0.2) is 0 Å². The van der Waals surface area contributed by atoms with Gasteiger partial charge in [0.2, 0.25) is 0 Å². The highest BCUT2D eigenvalue weighted by atomic mass is 35.5. The first kappa shape index (κ1) is 20.3. The molecule has 1 aromatic rings. The molecule has 1 heterocycles. The first-order valence-corrected chi connectivity index (χ1v) is 8.98. The van der Waals surface area contributed by atoms with Gasteiger partial charge in [-0.15, -0.1) is 0 Å². The first-order chi connectivity index (χ1) is 12.2. The molecule has 1 saturated heterocycles. The fourth-order valence-corrected chi connectivity index (χ4v) is 2.74. The number of nitrogens with zero attached hydrogens (tertiary/aromatic N) is 2. The lowest BCUT2D eigenvalue weighted by atomic mass is 10.1. The minimum absolute atomic E-state index is 0.0887. The van der Waals surface area contributed by atoms with Crippen LogP contribution >= 0.6 is 11.6 Å². The zero-order valence-corrected chi connectivity index (χ0v) is 16.1. The fourth-order valence-electron chi connectivity index (χ4n) is 2.55. The molecule has 1 aliphatic rings. The summed E-state index contributed by atoms with van der Waals surface area (Å²) >= 11 is 5.90. The standard InChI is InChI=1S/C18H26ClN3O4/c1-18(2,3)26-17(25)22-9-7-21(8-10-22)16(24)20-12-15(23)13-5-4-6-14(19)11-13/h4-6,11,15,23H,7-10,12H2,1-3H3,(H,20,24). The quantitative estimate of drug-likeness (QED) is 0.840. The lowest BCUT2D eigenvalue weighted by Crippen LogP contribution is -2.54. The van der Waals surface area contributed by atoms with Gasteiger partial charge in [0.1, 0.15) is 5.60 Å². The number of ether oxygens (including phenoxy) is 1. The number of hydrogen-bond acceptors (Lipinski definition) is 4. The summed E-state index contributed by atoms with van der Waals surface area (Å²) in [7, 11) is 0. The fraction of sp³-hybridized carbons (Fsp3) is 0.556. The molecule has 0 radical (unpaired) electrons. The van der Waals surface area contributed by atoms with E-state index in [4.69, 9.17) is 16.3 Å². The number of halogens is 1. The molecule has 1 aromatic carbocycles. The van der Waals surface area contributed by atoms with E-state index in [-0.39, 0.29) is 18.7 Å². The summed E-state index contributed by atoms with van der Waals surface area (Å²) in [5, 5.41) is 13.4. The molecule has 0 saturated carbocycles. The second-order valence-electron chi connectivity index (χ2n) is 7.21. The highest BCUT2D eigenvalue weighted by Gasteiger charge is 2.27. The lowest BCUT2D eigenvalue weighted by molar-refractivity contribution is 0.0169. The van der Waals surface area contributed by atoms with Gasteiger partial charge in [-0.3, -0.25) is 0 Å². The number of amides is 3. The number of piperazine rings is 1. The van der Waals surface area contributed by atoms with Crippen molar-refractivity contribution in [1.82, 2.24) is 15.1 Å². The van der Waals surface area contributed by atoms with Crippen LogP contribution in [0.3, 0.4) is 0 Å². The third-order valence-corrected chi connectivity index (χ3v) is 4.13. The van der Waals surface area contributed by atoms with Gasteiger partial charge >= 0.3 is 12.1 Å². The molecule has 3 amide bonds. The van der Waals surface area contributed by atoms with E-state index >= 15 is 0 Å². The van der Waals surface area contributed by atoms with Crippen molar-refractivity contribution in [3.8, 4) is 0 Å². The summed E-state index contributed by atoms with van der Waals surface area (Å²) < 4.78 is 5.33. The number of nitrogens with one attached hydrogen (secondary N) is 1. The third kappa shape index (κ3) is 6.07. The maximum atomic E-state index is 12.2. The molecule has 1 unspecified atom stereocenters. The molecule has 144 valence electrons. The second-order valence-corrected chi connectivity index (χ2v) is 7.65. The lowest BCUT2D eigenvalue weighted by Gasteiger charge is -2.35. The van der Waals surface area contributed by atoms with Crippen molar-refractivity contribution in [2.24, 2.45) is 0 Å². The Morgan fingerprint density at radius 2 is 1.85 bits per heavy atom. The Bertz CT molecular complexity index is 640. The molecule has 0 aromatic heterocycles. The Labute approximate surface area is 158 Å². The number of carbonyl (C=O) groups is 2. The number of rotatable bonds is 3. The Morgan fingerprint density at radius 1 is 1.23 bits per heavy atom.